The lowest BCUT2D eigenvalue weighted by molar-refractivity contribution is 0.0730. The van der Waals surface area contributed by atoms with E-state index in [0.29, 0.717) is 23.4 Å². The van der Waals surface area contributed by atoms with Crippen LogP contribution < -0.4 is 15.0 Å². The molecule has 5 heterocycles. The molecule has 154 valence electrons. The van der Waals surface area contributed by atoms with E-state index >= 15 is 0 Å². The number of pyridine rings is 2. The summed E-state index contributed by atoms with van der Waals surface area (Å²) in [6.07, 6.45) is 3.97. The summed E-state index contributed by atoms with van der Waals surface area (Å²) in [5.41, 5.74) is 2.84. The Morgan fingerprint density at radius 2 is 2.10 bits per heavy atom. The van der Waals surface area contributed by atoms with E-state index in [9.17, 15) is 10.4 Å². The third-order valence-corrected chi connectivity index (χ3v) is 5.49. The van der Waals surface area contributed by atoms with Crippen LogP contribution in [0.5, 0.6) is 5.75 Å². The van der Waals surface area contributed by atoms with Crippen molar-refractivity contribution in [1.29, 1.82) is 5.26 Å². The Bertz CT molecular complexity index is 1080. The smallest absolute Gasteiger partial charge is 0.150 e. The average molecular weight is 406 g/mol. The zero-order chi connectivity index (χ0) is 20.5. The number of aliphatic hydroxyl groups excluding tert-OH is 1. The van der Waals surface area contributed by atoms with Gasteiger partial charge in [0.1, 0.15) is 29.8 Å². The number of aromatic nitrogens is 3. The highest BCUT2D eigenvalue weighted by atomic mass is 16.6. The van der Waals surface area contributed by atoms with Gasteiger partial charge in [-0.2, -0.15) is 10.4 Å². The summed E-state index contributed by atoms with van der Waals surface area (Å²) in [7, 11) is 0. The Kier molecular flexibility index (Phi) is 4.96. The molecule has 2 saturated heterocycles. The van der Waals surface area contributed by atoms with Gasteiger partial charge in [-0.1, -0.05) is 0 Å². The summed E-state index contributed by atoms with van der Waals surface area (Å²) in [5, 5.41) is 27.2. The van der Waals surface area contributed by atoms with Crippen LogP contribution in [0.1, 0.15) is 5.56 Å². The fourth-order valence-corrected chi connectivity index (χ4v) is 3.90. The SMILES string of the molecule is N#Cc1cnn2cc(O[C@H]3COC[C@@H]3O)cc(-c3ccc(N4CCNCC4)nc3)c12. The molecule has 3 aromatic heterocycles. The van der Waals surface area contributed by atoms with Gasteiger partial charge in [0.25, 0.3) is 0 Å². The first kappa shape index (κ1) is 18.8. The largest absolute Gasteiger partial charge is 0.484 e. The lowest BCUT2D eigenvalue weighted by atomic mass is 10.1. The second-order valence-electron chi connectivity index (χ2n) is 7.46. The van der Waals surface area contributed by atoms with Gasteiger partial charge in [0.2, 0.25) is 0 Å². The van der Waals surface area contributed by atoms with Gasteiger partial charge in [0.05, 0.1) is 36.7 Å². The maximum Gasteiger partial charge on any atom is 0.150 e. The molecule has 0 aromatic carbocycles. The second kappa shape index (κ2) is 7.91. The minimum Gasteiger partial charge on any atom is -0.484 e. The molecule has 0 aliphatic carbocycles. The van der Waals surface area contributed by atoms with Crippen molar-refractivity contribution < 1.29 is 14.6 Å². The van der Waals surface area contributed by atoms with E-state index in [2.05, 4.69) is 26.4 Å². The number of hydrogen-bond acceptors (Lipinski definition) is 8. The third-order valence-electron chi connectivity index (χ3n) is 5.49. The first-order chi connectivity index (χ1) is 14.7. The Labute approximate surface area is 173 Å². The van der Waals surface area contributed by atoms with Crippen molar-refractivity contribution in [3.63, 3.8) is 0 Å². The predicted molar refractivity (Wildman–Crippen MR) is 109 cm³/mol. The van der Waals surface area contributed by atoms with Crippen LogP contribution in [0.4, 0.5) is 5.82 Å². The lowest BCUT2D eigenvalue weighted by Crippen LogP contribution is -2.43. The van der Waals surface area contributed by atoms with Crippen LogP contribution in [0, 0.1) is 11.3 Å². The van der Waals surface area contributed by atoms with E-state index in [1.54, 1.807) is 16.9 Å². The summed E-state index contributed by atoms with van der Waals surface area (Å²) in [6, 6.07) is 8.08. The van der Waals surface area contributed by atoms with Gasteiger partial charge in [-0.25, -0.2) is 9.50 Å². The van der Waals surface area contributed by atoms with Crippen LogP contribution in [0.2, 0.25) is 0 Å². The molecule has 0 saturated carbocycles. The topological polar surface area (TPSA) is 108 Å². The van der Waals surface area contributed by atoms with Gasteiger partial charge >= 0.3 is 0 Å². The molecule has 0 amide bonds. The van der Waals surface area contributed by atoms with Crippen LogP contribution in [0.3, 0.4) is 0 Å². The molecule has 2 aliphatic rings. The molecule has 9 nitrogen and oxygen atoms in total. The zero-order valence-corrected chi connectivity index (χ0v) is 16.4. The molecular formula is C21H22N6O3. The number of nitrogens with one attached hydrogen (secondary N) is 1. The molecule has 3 aromatic rings. The highest BCUT2D eigenvalue weighted by Crippen LogP contribution is 2.32. The summed E-state index contributed by atoms with van der Waals surface area (Å²) in [6.45, 7) is 4.33. The Balaban J connectivity index is 1.53. The number of piperazine rings is 1. The highest BCUT2D eigenvalue weighted by molar-refractivity contribution is 5.85. The number of fused-ring (bicyclic) bond motifs is 1. The molecule has 2 fully saturated rings. The first-order valence-electron chi connectivity index (χ1n) is 9.99. The van der Waals surface area contributed by atoms with Crippen LogP contribution in [0.15, 0.2) is 36.8 Å². The highest BCUT2D eigenvalue weighted by Gasteiger charge is 2.28. The molecule has 9 heteroatoms. The third kappa shape index (κ3) is 3.45. The van der Waals surface area contributed by atoms with Gasteiger partial charge in [0.15, 0.2) is 0 Å². The molecule has 2 atom stereocenters. The minimum absolute atomic E-state index is 0.261. The number of aliphatic hydroxyl groups is 1. The van der Waals surface area contributed by atoms with Gasteiger partial charge in [-0.05, 0) is 18.2 Å². The molecule has 0 spiro atoms. The average Bonchev–Trinajstić information content (AvgIpc) is 3.40. The Hall–Kier alpha value is -3.19. The first-order valence-corrected chi connectivity index (χ1v) is 9.99. The number of nitrogens with zero attached hydrogens (tertiary/aromatic N) is 5. The van der Waals surface area contributed by atoms with Gasteiger partial charge in [0, 0.05) is 43.5 Å². The van der Waals surface area contributed by atoms with Crippen molar-refractivity contribution >= 4 is 11.3 Å². The van der Waals surface area contributed by atoms with E-state index in [1.807, 2.05) is 24.4 Å². The number of ether oxygens (including phenoxy) is 2. The number of rotatable bonds is 4. The summed E-state index contributed by atoms with van der Waals surface area (Å²) < 4.78 is 12.9. The maximum atomic E-state index is 10.0. The van der Waals surface area contributed by atoms with Crippen molar-refractivity contribution in [2.45, 2.75) is 12.2 Å². The number of anilines is 1. The van der Waals surface area contributed by atoms with Crippen molar-refractivity contribution in [3.05, 3.63) is 42.4 Å². The van der Waals surface area contributed by atoms with Crippen LogP contribution in [-0.4, -0.2) is 71.3 Å². The zero-order valence-electron chi connectivity index (χ0n) is 16.4. The number of nitriles is 1. The molecule has 0 radical (unpaired) electrons. The van der Waals surface area contributed by atoms with E-state index in [4.69, 9.17) is 9.47 Å². The molecule has 0 unspecified atom stereocenters. The molecular weight excluding hydrogens is 384 g/mol. The quantitative estimate of drug-likeness (QED) is 0.656. The van der Waals surface area contributed by atoms with Gasteiger partial charge < -0.3 is 24.8 Å². The Morgan fingerprint density at radius 1 is 1.23 bits per heavy atom. The molecule has 5 rings (SSSR count). The monoisotopic (exact) mass is 406 g/mol. The number of hydrogen-bond donors (Lipinski definition) is 2. The van der Waals surface area contributed by atoms with E-state index in [-0.39, 0.29) is 6.61 Å². The summed E-state index contributed by atoms with van der Waals surface area (Å²) in [4.78, 5) is 6.90. The van der Waals surface area contributed by atoms with Crippen molar-refractivity contribution in [1.82, 2.24) is 19.9 Å². The van der Waals surface area contributed by atoms with Gasteiger partial charge in [-0.3, -0.25) is 0 Å². The van der Waals surface area contributed by atoms with Crippen LogP contribution >= 0.6 is 0 Å². The predicted octanol–water partition coefficient (Wildman–Crippen LogP) is 0.816. The molecule has 2 aliphatic heterocycles. The minimum atomic E-state index is -0.670. The maximum absolute atomic E-state index is 10.0. The van der Waals surface area contributed by atoms with Crippen LogP contribution in [0.25, 0.3) is 16.6 Å². The fourth-order valence-electron chi connectivity index (χ4n) is 3.90. The fraction of sp³-hybridized carbons (Fsp3) is 0.381. The van der Waals surface area contributed by atoms with Gasteiger partial charge in [-0.15, -0.1) is 0 Å². The van der Waals surface area contributed by atoms with Crippen LogP contribution in [-0.2, 0) is 4.74 Å². The molecule has 30 heavy (non-hydrogen) atoms. The standard InChI is InChI=1S/C21H22N6O3/c22-8-15-10-25-27-11-16(30-19-13-29-12-18(19)28)7-17(21(15)27)14-1-2-20(24-9-14)26-5-3-23-4-6-26/h1-2,7,9-11,18-19,23,28H,3-6,12-13H2/t18-,19-/m0/s1. The van der Waals surface area contributed by atoms with Crippen molar-refractivity contribution in [2.75, 3.05) is 44.3 Å². The summed E-state index contributed by atoms with van der Waals surface area (Å²) in [5.74, 6) is 1.48. The van der Waals surface area contributed by atoms with E-state index < -0.39 is 12.2 Å². The van der Waals surface area contributed by atoms with E-state index in [0.717, 1.165) is 43.1 Å². The summed E-state index contributed by atoms with van der Waals surface area (Å²) >= 11 is 0. The lowest BCUT2D eigenvalue weighted by Gasteiger charge is -2.28. The molecule has 0 bridgehead atoms. The van der Waals surface area contributed by atoms with E-state index in [1.165, 1.54) is 0 Å². The Morgan fingerprint density at radius 3 is 2.80 bits per heavy atom. The second-order valence-corrected chi connectivity index (χ2v) is 7.46. The van der Waals surface area contributed by atoms with Crippen molar-refractivity contribution in [3.8, 4) is 22.9 Å². The van der Waals surface area contributed by atoms with Crippen molar-refractivity contribution in [2.24, 2.45) is 0 Å². The molecule has 2 N–H and O–H groups in total. The normalized spacial score (nSPS) is 21.7.